The smallest absolute Gasteiger partial charge is 0.493 e. The first-order valence-corrected chi connectivity index (χ1v) is 14.5. The van der Waals surface area contributed by atoms with Gasteiger partial charge in [-0.1, -0.05) is 66.2 Å². The van der Waals surface area contributed by atoms with Crippen LogP contribution in [-0.4, -0.2) is 4.70 Å². The van der Waals surface area contributed by atoms with Crippen LogP contribution in [0.5, 0.6) is 0 Å². The molecule has 0 saturated heterocycles. The van der Waals surface area contributed by atoms with Crippen molar-refractivity contribution >= 4 is 11.4 Å². The van der Waals surface area contributed by atoms with E-state index >= 15 is 0 Å². The van der Waals surface area contributed by atoms with Gasteiger partial charge in [-0.2, -0.15) is 0 Å². The van der Waals surface area contributed by atoms with Gasteiger partial charge in [-0.05, 0) is 111 Å². The van der Waals surface area contributed by atoms with Crippen molar-refractivity contribution in [1.29, 1.82) is 0 Å². The van der Waals surface area contributed by atoms with E-state index in [0.29, 0.717) is 0 Å². The van der Waals surface area contributed by atoms with Crippen molar-refractivity contribution in [2.75, 3.05) is 0 Å². The molecule has 0 fully saturated rings. The predicted molar refractivity (Wildman–Crippen MR) is 169 cm³/mol. The molecular weight excluding hydrogens is 519 g/mol. The fraction of sp³-hybridized carbons (Fsp3) is 0.500. The molecule has 2 aromatic carbocycles. The Morgan fingerprint density at radius 3 is 1.67 bits per heavy atom. The molecule has 0 N–H and O–H groups in total. The Morgan fingerprint density at radius 1 is 0.641 bits per heavy atom. The molecule has 1 aliphatic heterocycles. The average Bonchev–Trinajstić information content (AvgIpc) is 3.18. The van der Waals surface area contributed by atoms with Gasteiger partial charge in [-0.15, -0.1) is 0 Å². The summed E-state index contributed by atoms with van der Waals surface area (Å²) >= 11 is 0. The van der Waals surface area contributed by atoms with Gasteiger partial charge in [0.25, 0.3) is 0 Å². The maximum absolute atomic E-state index is 11.7. The van der Waals surface area contributed by atoms with Crippen LogP contribution in [0.4, 0.5) is 0 Å². The minimum Gasteiger partial charge on any atom is -0.493 e. The fourth-order valence-corrected chi connectivity index (χ4v) is 5.67. The average molecular weight is 574 g/mol. The Hall–Kier alpha value is -1.99. The number of rotatable bonds is 13. The summed E-state index contributed by atoms with van der Waals surface area (Å²) in [6.45, 7) is 15.6. The molecule has 3 rings (SSSR count). The summed E-state index contributed by atoms with van der Waals surface area (Å²) in [4.78, 5) is 0. The van der Waals surface area contributed by atoms with E-state index in [1.165, 1.54) is 69.3 Å². The third-order valence-electron chi connectivity index (χ3n) is 7.82. The zero-order chi connectivity index (χ0) is 26.2. The molecule has 0 saturated carbocycles. The topological polar surface area (TPSA) is 25.3 Å². The first-order chi connectivity index (χ1) is 17.4. The SMILES string of the molecule is CCCCCCC1=C(c2cc(CCC)c(CCC)c(CCC)c2)[N+](=[N-])C(c2cc(C)c(C)c(C)c2)=C1.[CH3-].[CH3-].[Ni+2]. The van der Waals surface area contributed by atoms with E-state index in [0.717, 1.165) is 61.9 Å². The van der Waals surface area contributed by atoms with Crippen molar-refractivity contribution in [2.45, 2.75) is 119 Å². The Balaban J connectivity index is 0.00000481. The summed E-state index contributed by atoms with van der Waals surface area (Å²) < 4.78 is 1.50. The zero-order valence-electron chi connectivity index (χ0n) is 26.4. The Kier molecular flexibility index (Phi) is 16.8. The molecule has 0 aliphatic carbocycles. The summed E-state index contributed by atoms with van der Waals surface area (Å²) in [5.74, 6) is 0. The summed E-state index contributed by atoms with van der Waals surface area (Å²) in [5, 5.41) is 0. The minimum atomic E-state index is 0. The van der Waals surface area contributed by atoms with Gasteiger partial charge in [0.2, 0.25) is 11.4 Å². The van der Waals surface area contributed by atoms with E-state index in [4.69, 9.17) is 0 Å². The molecule has 0 unspecified atom stereocenters. The zero-order valence-corrected chi connectivity index (χ0v) is 27.4. The van der Waals surface area contributed by atoms with Crippen molar-refractivity contribution in [2.24, 2.45) is 0 Å². The second-order valence-electron chi connectivity index (χ2n) is 10.8. The van der Waals surface area contributed by atoms with Crippen LogP contribution in [0.15, 0.2) is 35.9 Å². The Morgan fingerprint density at radius 2 is 1.18 bits per heavy atom. The van der Waals surface area contributed by atoms with Gasteiger partial charge in [-0.25, -0.2) is 4.70 Å². The normalized spacial score (nSPS) is 12.6. The van der Waals surface area contributed by atoms with E-state index in [1.54, 1.807) is 5.56 Å². The molecule has 2 aromatic rings. The number of benzene rings is 2. The van der Waals surface area contributed by atoms with Crippen LogP contribution in [0, 0.1) is 35.6 Å². The van der Waals surface area contributed by atoms with E-state index in [-0.39, 0.29) is 31.3 Å². The monoisotopic (exact) mass is 572 g/mol. The minimum absolute atomic E-state index is 0. The standard InChI is InChI=1S/C34H48N2.2CH3.Ni/c1-8-12-13-14-18-29-23-33(30-19-24(5)26(7)25(6)20-30)36(35)34(29)31-21-27(15-9-2)32(17-11-4)28(22-31)16-10-3;;;/h19-23H,8-18H2,1-7H3;2*1H3;/q;2*-1;+2. The maximum Gasteiger partial charge on any atom is 2.00 e. The summed E-state index contributed by atoms with van der Waals surface area (Å²) in [6, 6.07) is 9.23. The van der Waals surface area contributed by atoms with Crippen LogP contribution in [0.3, 0.4) is 0 Å². The largest absolute Gasteiger partial charge is 2.00 e. The number of hydrogen-bond acceptors (Lipinski definition) is 0. The number of aryl methyl sites for hydroxylation is 4. The van der Waals surface area contributed by atoms with Crippen molar-refractivity contribution in [3.63, 3.8) is 0 Å². The molecule has 1 aliphatic rings. The quantitative estimate of drug-likeness (QED) is 0.0986. The van der Waals surface area contributed by atoms with Crippen molar-refractivity contribution in [1.82, 2.24) is 0 Å². The van der Waals surface area contributed by atoms with Gasteiger partial charge in [0.15, 0.2) is 0 Å². The number of unbranched alkanes of at least 4 members (excludes halogenated alkanes) is 3. The second-order valence-corrected chi connectivity index (χ2v) is 10.8. The van der Waals surface area contributed by atoms with E-state index < -0.39 is 0 Å². The molecule has 39 heavy (non-hydrogen) atoms. The molecule has 0 spiro atoms. The van der Waals surface area contributed by atoms with Crippen molar-refractivity contribution < 1.29 is 21.2 Å². The molecule has 2 nitrogen and oxygen atoms in total. The third-order valence-corrected chi connectivity index (χ3v) is 7.82. The number of allylic oxidation sites excluding steroid dienone is 2. The molecule has 1 heterocycles. The summed E-state index contributed by atoms with van der Waals surface area (Å²) in [5.41, 5.74) is 25.5. The number of hydrogen-bond donors (Lipinski definition) is 0. The van der Waals surface area contributed by atoms with E-state index in [1.807, 2.05) is 0 Å². The second kappa shape index (κ2) is 17.7. The van der Waals surface area contributed by atoms with Gasteiger partial charge < -0.3 is 20.4 Å². The third kappa shape index (κ3) is 8.75. The summed E-state index contributed by atoms with van der Waals surface area (Å²) in [6.07, 6.45) is 15.0. The first-order valence-electron chi connectivity index (χ1n) is 14.5. The molecule has 0 atom stereocenters. The van der Waals surface area contributed by atoms with Crippen molar-refractivity contribution in [3.8, 4) is 0 Å². The molecular formula is C36H54N2Ni. The van der Waals surface area contributed by atoms with Crippen LogP contribution in [0.25, 0.3) is 16.9 Å². The summed E-state index contributed by atoms with van der Waals surface area (Å²) in [7, 11) is 0. The van der Waals surface area contributed by atoms with Gasteiger partial charge >= 0.3 is 16.5 Å². The van der Waals surface area contributed by atoms with Gasteiger partial charge in [0.05, 0.1) is 0 Å². The van der Waals surface area contributed by atoms with E-state index in [2.05, 4.69) is 78.8 Å². The Labute approximate surface area is 251 Å². The number of nitrogens with zero attached hydrogens (tertiary/aromatic N) is 2. The van der Waals surface area contributed by atoms with Gasteiger partial charge in [0, 0.05) is 22.8 Å². The molecule has 218 valence electrons. The first kappa shape index (κ1) is 37.0. The molecule has 3 heteroatoms. The van der Waals surface area contributed by atoms with Crippen LogP contribution < -0.4 is 0 Å². The van der Waals surface area contributed by atoms with Gasteiger partial charge in [0.1, 0.15) is 0 Å². The van der Waals surface area contributed by atoms with Crippen LogP contribution >= 0.6 is 0 Å². The van der Waals surface area contributed by atoms with Crippen molar-refractivity contribution in [3.05, 3.63) is 101 Å². The molecule has 0 amide bonds. The predicted octanol–water partition coefficient (Wildman–Crippen LogP) is 11.1. The van der Waals surface area contributed by atoms with E-state index in [9.17, 15) is 5.53 Å². The Bertz CT molecular complexity index is 1100. The van der Waals surface area contributed by atoms with Gasteiger partial charge in [-0.3, -0.25) is 0 Å². The van der Waals surface area contributed by atoms with Crippen LogP contribution in [0.2, 0.25) is 0 Å². The van der Waals surface area contributed by atoms with Crippen LogP contribution in [0.1, 0.15) is 124 Å². The molecule has 0 aromatic heterocycles. The molecule has 0 bridgehead atoms. The van der Waals surface area contributed by atoms with Crippen LogP contribution in [-0.2, 0) is 35.8 Å². The maximum atomic E-state index is 11.7. The molecule has 0 radical (unpaired) electrons. The fourth-order valence-electron chi connectivity index (χ4n) is 5.67.